The molecule has 4 rings (SSSR count). The summed E-state index contributed by atoms with van der Waals surface area (Å²) in [5, 5.41) is 3.38. The van der Waals surface area contributed by atoms with Gasteiger partial charge in [0.25, 0.3) is 10.0 Å². The maximum Gasteiger partial charge on any atom is 0.264 e. The molecule has 230 valence electrons. The number of carbonyl (C=O) groups is 2. The summed E-state index contributed by atoms with van der Waals surface area (Å²) in [5.41, 5.74) is 1.70. The van der Waals surface area contributed by atoms with E-state index in [1.54, 1.807) is 24.3 Å². The van der Waals surface area contributed by atoms with E-state index in [1.807, 2.05) is 74.5 Å². The van der Waals surface area contributed by atoms with Crippen molar-refractivity contribution in [1.82, 2.24) is 10.2 Å². The number of amides is 2. The third kappa shape index (κ3) is 8.40. The largest absolute Gasteiger partial charge is 0.352 e. The molecule has 0 heterocycles. The molecule has 0 aliphatic heterocycles. The van der Waals surface area contributed by atoms with Crippen molar-refractivity contribution in [2.45, 2.75) is 50.2 Å². The first-order chi connectivity index (χ1) is 21.1. The first-order valence-corrected chi connectivity index (χ1v) is 16.5. The maximum absolute atomic E-state index is 14.5. The molecule has 2 amide bonds. The van der Waals surface area contributed by atoms with Crippen molar-refractivity contribution in [3.05, 3.63) is 130 Å². The fourth-order valence-electron chi connectivity index (χ4n) is 4.69. The summed E-state index contributed by atoms with van der Waals surface area (Å²) in [5.74, 6) is -0.907. The van der Waals surface area contributed by atoms with E-state index < -0.39 is 28.5 Å². The number of nitrogens with zero attached hydrogens (tertiary/aromatic N) is 2. The summed E-state index contributed by atoms with van der Waals surface area (Å²) in [7, 11) is -4.28. The van der Waals surface area contributed by atoms with Crippen molar-refractivity contribution in [3.63, 3.8) is 0 Å². The smallest absolute Gasteiger partial charge is 0.264 e. The fourth-order valence-corrected chi connectivity index (χ4v) is 6.57. The molecular weight excluding hydrogens is 617 g/mol. The van der Waals surface area contributed by atoms with Crippen LogP contribution in [0.15, 0.2) is 114 Å². The minimum absolute atomic E-state index is 0.0196. The molecule has 0 saturated carbocycles. The van der Waals surface area contributed by atoms with Crippen LogP contribution in [-0.4, -0.2) is 43.8 Å². The molecule has 4 aromatic rings. The number of hydrogen-bond donors (Lipinski definition) is 1. The van der Waals surface area contributed by atoms with Gasteiger partial charge in [0, 0.05) is 24.0 Å². The molecule has 0 unspecified atom stereocenters. The first kappa shape index (κ1) is 33.1. The lowest BCUT2D eigenvalue weighted by molar-refractivity contribution is -0.140. The second-order valence-electron chi connectivity index (χ2n) is 10.5. The Balaban J connectivity index is 1.82. The summed E-state index contributed by atoms with van der Waals surface area (Å²) in [4.78, 5) is 29.7. The number of nitrogens with one attached hydrogen (secondary N) is 1. The molecule has 7 nitrogen and oxygen atoms in total. The van der Waals surface area contributed by atoms with E-state index in [-0.39, 0.29) is 45.5 Å². The highest BCUT2D eigenvalue weighted by Gasteiger charge is 2.35. The standard InChI is InChI=1S/C34H35Cl2N3O4S/c1-3-25(2)37-34(41)32(21-26-13-7-4-8-14-26)38(23-27-15-9-5-10-16-27)33(40)24-39(31-22-28(35)19-20-30(31)36)44(42,43)29-17-11-6-12-18-29/h4-20,22,25,32H,3,21,23-24H2,1-2H3,(H,37,41)/t25-,32+/m1/s1. The molecule has 0 bridgehead atoms. The summed E-state index contributed by atoms with van der Waals surface area (Å²) in [6.45, 7) is 3.32. The van der Waals surface area contributed by atoms with Crippen LogP contribution < -0.4 is 9.62 Å². The molecular formula is C34H35Cl2N3O4S. The van der Waals surface area contributed by atoms with Crippen LogP contribution in [-0.2, 0) is 32.6 Å². The van der Waals surface area contributed by atoms with Crippen LogP contribution in [0.3, 0.4) is 0 Å². The summed E-state index contributed by atoms with van der Waals surface area (Å²) in [6.07, 6.45) is 0.928. The highest BCUT2D eigenvalue weighted by molar-refractivity contribution is 7.92. The predicted molar refractivity (Wildman–Crippen MR) is 176 cm³/mol. The molecule has 0 spiro atoms. The monoisotopic (exact) mass is 651 g/mol. The number of sulfonamides is 1. The molecule has 0 aliphatic rings. The van der Waals surface area contributed by atoms with Crippen molar-refractivity contribution < 1.29 is 18.0 Å². The lowest BCUT2D eigenvalue weighted by Crippen LogP contribution is -2.54. The number of rotatable bonds is 13. The van der Waals surface area contributed by atoms with E-state index in [0.29, 0.717) is 6.42 Å². The van der Waals surface area contributed by atoms with Crippen molar-refractivity contribution in [3.8, 4) is 0 Å². The molecule has 0 saturated heterocycles. The van der Waals surface area contributed by atoms with Crippen molar-refractivity contribution in [1.29, 1.82) is 0 Å². The van der Waals surface area contributed by atoms with E-state index in [1.165, 1.54) is 29.2 Å². The Morgan fingerprint density at radius 3 is 1.98 bits per heavy atom. The number of anilines is 1. The highest BCUT2D eigenvalue weighted by Crippen LogP contribution is 2.33. The molecule has 44 heavy (non-hydrogen) atoms. The van der Waals surface area contributed by atoms with E-state index in [2.05, 4.69) is 5.32 Å². The van der Waals surface area contributed by atoms with Gasteiger partial charge in [0.05, 0.1) is 15.6 Å². The number of benzene rings is 4. The third-order valence-corrected chi connectivity index (χ3v) is 9.58. The van der Waals surface area contributed by atoms with Crippen LogP contribution in [0.1, 0.15) is 31.4 Å². The van der Waals surface area contributed by atoms with Crippen LogP contribution in [0, 0.1) is 0 Å². The van der Waals surface area contributed by atoms with Crippen molar-refractivity contribution in [2.24, 2.45) is 0 Å². The quantitative estimate of drug-likeness (QED) is 0.173. The summed E-state index contributed by atoms with van der Waals surface area (Å²) in [6, 6.07) is 29.9. The second kappa shape index (κ2) is 15.2. The van der Waals surface area contributed by atoms with Gasteiger partial charge in [-0.3, -0.25) is 13.9 Å². The Hall–Kier alpha value is -3.85. The molecule has 10 heteroatoms. The average Bonchev–Trinajstić information content (AvgIpc) is 3.03. The van der Waals surface area contributed by atoms with E-state index in [0.717, 1.165) is 15.4 Å². The van der Waals surface area contributed by atoms with E-state index in [9.17, 15) is 18.0 Å². The predicted octanol–water partition coefficient (Wildman–Crippen LogP) is 6.74. The molecule has 0 aromatic heterocycles. The van der Waals surface area contributed by atoms with Crippen LogP contribution in [0.2, 0.25) is 10.0 Å². The van der Waals surface area contributed by atoms with Gasteiger partial charge in [-0.05, 0) is 54.8 Å². The normalized spacial score (nSPS) is 12.6. The Kier molecular flexibility index (Phi) is 11.4. The van der Waals surface area contributed by atoms with Crippen molar-refractivity contribution >= 4 is 50.7 Å². The molecule has 1 N–H and O–H groups in total. The van der Waals surface area contributed by atoms with Crippen LogP contribution in [0.25, 0.3) is 0 Å². The van der Waals surface area contributed by atoms with Gasteiger partial charge in [-0.2, -0.15) is 0 Å². The zero-order chi connectivity index (χ0) is 31.7. The Morgan fingerprint density at radius 2 is 1.39 bits per heavy atom. The van der Waals surface area contributed by atoms with E-state index in [4.69, 9.17) is 23.2 Å². The zero-order valence-corrected chi connectivity index (χ0v) is 26.9. The molecule has 2 atom stereocenters. The number of carbonyl (C=O) groups excluding carboxylic acids is 2. The number of hydrogen-bond acceptors (Lipinski definition) is 4. The average molecular weight is 653 g/mol. The number of halogens is 2. The maximum atomic E-state index is 14.5. The van der Waals surface area contributed by atoms with Gasteiger partial charge in [-0.15, -0.1) is 0 Å². The molecule has 0 fully saturated rings. The van der Waals surface area contributed by atoms with Crippen LogP contribution >= 0.6 is 23.2 Å². The Bertz CT molecular complexity index is 1660. The SMILES string of the molecule is CC[C@@H](C)NC(=O)[C@H](Cc1ccccc1)N(Cc1ccccc1)C(=O)CN(c1cc(Cl)ccc1Cl)S(=O)(=O)c1ccccc1. The summed E-state index contributed by atoms with van der Waals surface area (Å²) >= 11 is 12.8. The Morgan fingerprint density at radius 1 is 0.818 bits per heavy atom. The van der Waals surface area contributed by atoms with Gasteiger partial charge < -0.3 is 10.2 Å². The van der Waals surface area contributed by atoms with Gasteiger partial charge in [-0.25, -0.2) is 8.42 Å². The van der Waals surface area contributed by atoms with Crippen LogP contribution in [0.4, 0.5) is 5.69 Å². The minimum Gasteiger partial charge on any atom is -0.352 e. The Labute approximate surface area is 269 Å². The first-order valence-electron chi connectivity index (χ1n) is 14.3. The van der Waals surface area contributed by atoms with Gasteiger partial charge in [-0.1, -0.05) is 109 Å². The third-order valence-electron chi connectivity index (χ3n) is 7.25. The lowest BCUT2D eigenvalue weighted by atomic mass is 10.0. The topological polar surface area (TPSA) is 86.8 Å². The van der Waals surface area contributed by atoms with Crippen molar-refractivity contribution in [2.75, 3.05) is 10.8 Å². The summed E-state index contributed by atoms with van der Waals surface area (Å²) < 4.78 is 29.1. The molecule has 0 aliphatic carbocycles. The second-order valence-corrected chi connectivity index (χ2v) is 13.2. The zero-order valence-electron chi connectivity index (χ0n) is 24.6. The van der Waals surface area contributed by atoms with Gasteiger partial charge in [0.15, 0.2) is 0 Å². The lowest BCUT2D eigenvalue weighted by Gasteiger charge is -2.34. The van der Waals surface area contributed by atoms with Crippen LogP contribution in [0.5, 0.6) is 0 Å². The van der Waals surface area contributed by atoms with Gasteiger partial charge in [0.2, 0.25) is 11.8 Å². The molecule has 4 aromatic carbocycles. The van der Waals surface area contributed by atoms with E-state index >= 15 is 0 Å². The molecule has 0 radical (unpaired) electrons. The fraction of sp³-hybridized carbons (Fsp3) is 0.235. The minimum atomic E-state index is -4.28. The highest BCUT2D eigenvalue weighted by atomic mass is 35.5. The van der Waals surface area contributed by atoms with Gasteiger partial charge >= 0.3 is 0 Å². The van der Waals surface area contributed by atoms with Gasteiger partial charge in [0.1, 0.15) is 12.6 Å².